The molecule has 1 amide bonds. The minimum Gasteiger partial charge on any atom is -0.452 e. The Morgan fingerprint density at radius 2 is 2.00 bits per heavy atom. The highest BCUT2D eigenvalue weighted by atomic mass is 32.1. The predicted molar refractivity (Wildman–Crippen MR) is 72.8 cm³/mol. The number of carbonyl (C=O) groups excluding carboxylic acids is 2. The maximum Gasteiger partial charge on any atom is 0.341 e. The van der Waals surface area contributed by atoms with E-state index in [9.17, 15) is 14.0 Å². The first kappa shape index (κ1) is 14.2. The number of halogens is 1. The molecular weight excluding hydrogens is 281 g/mol. The highest BCUT2D eigenvalue weighted by molar-refractivity contribution is 7.09. The van der Waals surface area contributed by atoms with E-state index in [4.69, 9.17) is 4.74 Å². The summed E-state index contributed by atoms with van der Waals surface area (Å²) >= 11 is 1.52. The molecule has 0 radical (unpaired) electrons. The minimum absolute atomic E-state index is 0.182. The zero-order chi connectivity index (χ0) is 14.4. The van der Waals surface area contributed by atoms with Crippen molar-refractivity contribution in [3.8, 4) is 0 Å². The van der Waals surface area contributed by atoms with E-state index in [-0.39, 0.29) is 5.56 Å². The van der Waals surface area contributed by atoms with Crippen molar-refractivity contribution < 1.29 is 18.7 Å². The highest BCUT2D eigenvalue weighted by Gasteiger charge is 2.13. The smallest absolute Gasteiger partial charge is 0.341 e. The molecule has 2 rings (SSSR count). The fraction of sp³-hybridized carbons (Fsp3) is 0.143. The number of ether oxygens (including phenoxy) is 1. The van der Waals surface area contributed by atoms with Crippen LogP contribution in [0.25, 0.3) is 0 Å². The molecule has 4 nitrogen and oxygen atoms in total. The second-order valence-electron chi connectivity index (χ2n) is 3.91. The van der Waals surface area contributed by atoms with Gasteiger partial charge in [-0.1, -0.05) is 18.2 Å². The Morgan fingerprint density at radius 1 is 1.20 bits per heavy atom. The molecule has 1 aromatic heterocycles. The summed E-state index contributed by atoms with van der Waals surface area (Å²) < 4.78 is 18.1. The number of benzene rings is 1. The first-order valence-corrected chi connectivity index (χ1v) is 6.75. The summed E-state index contributed by atoms with van der Waals surface area (Å²) in [5.74, 6) is -1.95. The van der Waals surface area contributed by atoms with Crippen molar-refractivity contribution in [2.24, 2.45) is 0 Å². The number of rotatable bonds is 5. The number of hydrogen-bond acceptors (Lipinski definition) is 4. The van der Waals surface area contributed by atoms with Crippen LogP contribution in [0.5, 0.6) is 0 Å². The molecule has 6 heteroatoms. The summed E-state index contributed by atoms with van der Waals surface area (Å²) in [4.78, 5) is 24.0. The highest BCUT2D eigenvalue weighted by Crippen LogP contribution is 2.08. The third-order valence-corrected chi connectivity index (χ3v) is 3.34. The van der Waals surface area contributed by atoms with Crippen LogP contribution in [-0.2, 0) is 16.1 Å². The number of amides is 1. The van der Waals surface area contributed by atoms with Gasteiger partial charge in [0.25, 0.3) is 5.91 Å². The van der Waals surface area contributed by atoms with Crippen LogP contribution in [0.3, 0.4) is 0 Å². The Morgan fingerprint density at radius 3 is 2.70 bits per heavy atom. The van der Waals surface area contributed by atoms with Crippen LogP contribution in [0.1, 0.15) is 15.2 Å². The normalized spacial score (nSPS) is 10.1. The zero-order valence-electron chi connectivity index (χ0n) is 10.5. The van der Waals surface area contributed by atoms with Gasteiger partial charge in [0.05, 0.1) is 12.1 Å². The first-order valence-electron chi connectivity index (χ1n) is 5.87. The van der Waals surface area contributed by atoms with Crippen LogP contribution in [0, 0.1) is 5.82 Å². The predicted octanol–water partition coefficient (Wildman–Crippen LogP) is 2.36. The average Bonchev–Trinajstić information content (AvgIpc) is 2.96. The minimum atomic E-state index is -0.852. The van der Waals surface area contributed by atoms with Crippen LogP contribution in [0.4, 0.5) is 4.39 Å². The van der Waals surface area contributed by atoms with E-state index in [1.165, 1.54) is 29.5 Å². The summed E-state index contributed by atoms with van der Waals surface area (Å²) in [7, 11) is 0. The van der Waals surface area contributed by atoms with E-state index < -0.39 is 24.3 Å². The molecule has 1 aromatic carbocycles. The number of carbonyl (C=O) groups is 2. The van der Waals surface area contributed by atoms with Crippen molar-refractivity contribution in [3.63, 3.8) is 0 Å². The Bertz CT molecular complexity index is 598. The largest absolute Gasteiger partial charge is 0.452 e. The number of thiophene rings is 1. The van der Waals surface area contributed by atoms with E-state index in [2.05, 4.69) is 5.32 Å². The van der Waals surface area contributed by atoms with Crippen molar-refractivity contribution in [1.29, 1.82) is 0 Å². The fourth-order valence-corrected chi connectivity index (χ4v) is 2.13. The van der Waals surface area contributed by atoms with Gasteiger partial charge in [0.15, 0.2) is 6.61 Å². The summed E-state index contributed by atoms with van der Waals surface area (Å²) in [6.07, 6.45) is 0. The Balaban J connectivity index is 1.78. The quantitative estimate of drug-likeness (QED) is 0.861. The lowest BCUT2D eigenvalue weighted by atomic mass is 10.2. The van der Waals surface area contributed by atoms with Crippen molar-refractivity contribution in [3.05, 3.63) is 58.0 Å². The van der Waals surface area contributed by atoms with Crippen molar-refractivity contribution in [1.82, 2.24) is 5.32 Å². The standard InChI is InChI=1S/C14H12FNO3S/c15-12-6-2-1-5-11(12)14(18)19-9-13(17)16-8-10-4-3-7-20-10/h1-7H,8-9H2,(H,16,17). The number of esters is 1. The molecule has 0 unspecified atom stereocenters. The number of hydrogen-bond donors (Lipinski definition) is 1. The molecule has 1 heterocycles. The molecule has 2 aromatic rings. The van der Waals surface area contributed by atoms with Crippen LogP contribution in [0.15, 0.2) is 41.8 Å². The van der Waals surface area contributed by atoms with Gasteiger partial charge in [-0.15, -0.1) is 11.3 Å². The Hall–Kier alpha value is -2.21. The van der Waals surface area contributed by atoms with Gasteiger partial charge in [-0.05, 0) is 23.6 Å². The molecule has 0 aliphatic carbocycles. The van der Waals surface area contributed by atoms with Crippen LogP contribution >= 0.6 is 11.3 Å². The van der Waals surface area contributed by atoms with Gasteiger partial charge in [-0.25, -0.2) is 9.18 Å². The molecule has 0 fully saturated rings. The van der Waals surface area contributed by atoms with Crippen LogP contribution in [0.2, 0.25) is 0 Å². The van der Waals surface area contributed by atoms with E-state index in [1.807, 2.05) is 17.5 Å². The SMILES string of the molecule is O=C(COC(=O)c1ccccc1F)NCc1cccs1. The Labute approximate surface area is 119 Å². The van der Waals surface area contributed by atoms with E-state index >= 15 is 0 Å². The number of nitrogens with one attached hydrogen (secondary N) is 1. The van der Waals surface area contributed by atoms with Crippen molar-refractivity contribution >= 4 is 23.2 Å². The summed E-state index contributed by atoms with van der Waals surface area (Å²) in [5, 5.41) is 4.51. The fourth-order valence-electron chi connectivity index (χ4n) is 1.49. The zero-order valence-corrected chi connectivity index (χ0v) is 11.3. The van der Waals surface area contributed by atoms with Gasteiger partial charge in [0.2, 0.25) is 0 Å². The molecule has 0 saturated heterocycles. The summed E-state index contributed by atoms with van der Waals surface area (Å²) in [6.45, 7) is -0.0493. The van der Waals surface area contributed by atoms with E-state index in [1.54, 1.807) is 0 Å². The molecular formula is C14H12FNO3S. The monoisotopic (exact) mass is 293 g/mol. The molecule has 0 spiro atoms. The third-order valence-electron chi connectivity index (χ3n) is 2.47. The van der Waals surface area contributed by atoms with Gasteiger partial charge >= 0.3 is 5.97 Å². The van der Waals surface area contributed by atoms with Gasteiger partial charge in [0.1, 0.15) is 5.82 Å². The molecule has 104 valence electrons. The lowest BCUT2D eigenvalue weighted by Gasteiger charge is -2.06. The lowest BCUT2D eigenvalue weighted by molar-refractivity contribution is -0.124. The van der Waals surface area contributed by atoms with Gasteiger partial charge in [-0.2, -0.15) is 0 Å². The molecule has 20 heavy (non-hydrogen) atoms. The van der Waals surface area contributed by atoms with Crippen LogP contribution in [-0.4, -0.2) is 18.5 Å². The van der Waals surface area contributed by atoms with Gasteiger partial charge in [0, 0.05) is 4.88 Å². The van der Waals surface area contributed by atoms with Crippen molar-refractivity contribution in [2.75, 3.05) is 6.61 Å². The molecule has 1 N–H and O–H groups in total. The topological polar surface area (TPSA) is 55.4 Å². The molecule has 0 bridgehead atoms. The van der Waals surface area contributed by atoms with Crippen LogP contribution < -0.4 is 5.32 Å². The molecule has 0 saturated carbocycles. The average molecular weight is 293 g/mol. The maximum absolute atomic E-state index is 13.3. The van der Waals surface area contributed by atoms with E-state index in [0.717, 1.165) is 10.9 Å². The molecule has 0 aliphatic heterocycles. The van der Waals surface area contributed by atoms with Gasteiger partial charge in [-0.3, -0.25) is 4.79 Å². The first-order chi connectivity index (χ1) is 9.66. The second kappa shape index (κ2) is 6.81. The lowest BCUT2D eigenvalue weighted by Crippen LogP contribution is -2.28. The van der Waals surface area contributed by atoms with E-state index in [0.29, 0.717) is 6.54 Å². The molecule has 0 aliphatic rings. The Kier molecular flexibility index (Phi) is 4.84. The summed E-state index contributed by atoms with van der Waals surface area (Å²) in [5.41, 5.74) is -0.182. The molecule has 0 atom stereocenters. The third kappa shape index (κ3) is 3.89. The summed E-state index contributed by atoms with van der Waals surface area (Å²) in [6, 6.07) is 9.23. The second-order valence-corrected chi connectivity index (χ2v) is 4.94. The van der Waals surface area contributed by atoms with Crippen molar-refractivity contribution in [2.45, 2.75) is 6.54 Å². The maximum atomic E-state index is 13.3. The van der Waals surface area contributed by atoms with Gasteiger partial charge < -0.3 is 10.1 Å².